The second kappa shape index (κ2) is 7.62. The van der Waals surface area contributed by atoms with Gasteiger partial charge in [-0.2, -0.15) is 0 Å². The van der Waals surface area contributed by atoms with Crippen LogP contribution in [0.1, 0.15) is 36.2 Å². The van der Waals surface area contributed by atoms with Crippen LogP contribution in [0.15, 0.2) is 35.7 Å². The van der Waals surface area contributed by atoms with E-state index in [0.29, 0.717) is 18.2 Å². The number of halogens is 2. The van der Waals surface area contributed by atoms with Crippen molar-refractivity contribution in [3.63, 3.8) is 0 Å². The van der Waals surface area contributed by atoms with Crippen LogP contribution in [0.2, 0.25) is 0 Å². The zero-order chi connectivity index (χ0) is 18.0. The SMILES string of the molecule is CC(c1ccc(F)c(F)c1)N(C)C(=O)CN(Cc1cccs1)C1CC1. The fourth-order valence-electron chi connectivity index (χ4n) is 2.85. The Labute approximate surface area is 150 Å². The molecule has 1 saturated carbocycles. The van der Waals surface area contributed by atoms with Gasteiger partial charge < -0.3 is 4.90 Å². The van der Waals surface area contributed by atoms with Gasteiger partial charge in [0.1, 0.15) is 0 Å². The maximum atomic E-state index is 13.5. The van der Waals surface area contributed by atoms with E-state index in [1.54, 1.807) is 23.3 Å². The third-order valence-electron chi connectivity index (χ3n) is 4.74. The first-order valence-corrected chi connectivity index (χ1v) is 9.30. The highest BCUT2D eigenvalue weighted by molar-refractivity contribution is 7.09. The van der Waals surface area contributed by atoms with E-state index in [0.717, 1.165) is 31.5 Å². The van der Waals surface area contributed by atoms with Crippen LogP contribution in [0.4, 0.5) is 8.78 Å². The zero-order valence-electron chi connectivity index (χ0n) is 14.4. The van der Waals surface area contributed by atoms with Gasteiger partial charge in [-0.25, -0.2) is 8.78 Å². The Balaban J connectivity index is 1.64. The summed E-state index contributed by atoms with van der Waals surface area (Å²) in [5.74, 6) is -1.77. The molecular formula is C19H22F2N2OS. The lowest BCUT2D eigenvalue weighted by molar-refractivity contribution is -0.133. The molecule has 1 aliphatic rings. The van der Waals surface area contributed by atoms with Crippen molar-refractivity contribution >= 4 is 17.2 Å². The van der Waals surface area contributed by atoms with E-state index in [1.807, 2.05) is 18.4 Å². The van der Waals surface area contributed by atoms with Crippen LogP contribution in [-0.4, -0.2) is 35.3 Å². The van der Waals surface area contributed by atoms with Crippen LogP contribution < -0.4 is 0 Å². The van der Waals surface area contributed by atoms with E-state index in [-0.39, 0.29) is 11.9 Å². The number of hydrogen-bond donors (Lipinski definition) is 0. The molecule has 1 heterocycles. The quantitative estimate of drug-likeness (QED) is 0.735. The Morgan fingerprint density at radius 2 is 2.04 bits per heavy atom. The number of likely N-dealkylation sites (N-methyl/N-ethyl adjacent to an activating group) is 1. The first-order valence-electron chi connectivity index (χ1n) is 8.42. The van der Waals surface area contributed by atoms with Crippen molar-refractivity contribution in [2.24, 2.45) is 0 Å². The molecule has 134 valence electrons. The van der Waals surface area contributed by atoms with Crippen molar-refractivity contribution in [1.82, 2.24) is 9.80 Å². The predicted molar refractivity (Wildman–Crippen MR) is 95.3 cm³/mol. The molecule has 1 atom stereocenters. The normalized spacial score (nSPS) is 15.4. The van der Waals surface area contributed by atoms with Crippen molar-refractivity contribution in [1.29, 1.82) is 0 Å². The summed E-state index contributed by atoms with van der Waals surface area (Å²) < 4.78 is 26.6. The van der Waals surface area contributed by atoms with E-state index in [2.05, 4.69) is 11.0 Å². The molecule has 2 aromatic rings. The fourth-order valence-corrected chi connectivity index (χ4v) is 3.58. The van der Waals surface area contributed by atoms with Gasteiger partial charge in [-0.3, -0.25) is 9.69 Å². The van der Waals surface area contributed by atoms with Crippen LogP contribution in [0.25, 0.3) is 0 Å². The second-order valence-electron chi connectivity index (χ2n) is 6.57. The molecule has 0 N–H and O–H groups in total. The molecule has 3 nitrogen and oxygen atoms in total. The molecule has 1 aliphatic carbocycles. The molecular weight excluding hydrogens is 342 g/mol. The smallest absolute Gasteiger partial charge is 0.237 e. The first kappa shape index (κ1) is 18.0. The number of thiophene rings is 1. The zero-order valence-corrected chi connectivity index (χ0v) is 15.2. The molecule has 0 radical (unpaired) electrons. The third-order valence-corrected chi connectivity index (χ3v) is 5.60. The van der Waals surface area contributed by atoms with Gasteiger partial charge in [-0.1, -0.05) is 12.1 Å². The van der Waals surface area contributed by atoms with Gasteiger partial charge in [0.2, 0.25) is 5.91 Å². The number of hydrogen-bond acceptors (Lipinski definition) is 3. The molecule has 25 heavy (non-hydrogen) atoms. The highest BCUT2D eigenvalue weighted by Crippen LogP contribution is 2.29. The monoisotopic (exact) mass is 364 g/mol. The molecule has 1 fully saturated rings. The van der Waals surface area contributed by atoms with E-state index < -0.39 is 11.6 Å². The lowest BCUT2D eigenvalue weighted by Crippen LogP contribution is -2.40. The maximum Gasteiger partial charge on any atom is 0.237 e. The first-order chi connectivity index (χ1) is 12.0. The van der Waals surface area contributed by atoms with Gasteiger partial charge in [0.05, 0.1) is 12.6 Å². The molecule has 1 aromatic heterocycles. The number of rotatable bonds is 7. The molecule has 0 aliphatic heterocycles. The minimum absolute atomic E-state index is 0.0133. The molecule has 1 amide bonds. The second-order valence-corrected chi connectivity index (χ2v) is 7.60. The van der Waals surface area contributed by atoms with Gasteiger partial charge in [-0.05, 0) is 48.9 Å². The lowest BCUT2D eigenvalue weighted by atomic mass is 10.1. The predicted octanol–water partition coefficient (Wildman–Crippen LogP) is 4.21. The van der Waals surface area contributed by atoms with Crippen LogP contribution in [0, 0.1) is 11.6 Å². The Morgan fingerprint density at radius 3 is 2.64 bits per heavy atom. The summed E-state index contributed by atoms with van der Waals surface area (Å²) in [6.07, 6.45) is 2.25. The van der Waals surface area contributed by atoms with Crippen molar-refractivity contribution in [3.8, 4) is 0 Å². The maximum absolute atomic E-state index is 13.5. The Bertz CT molecular complexity index is 731. The molecule has 6 heteroatoms. The number of nitrogens with zero attached hydrogens (tertiary/aromatic N) is 2. The molecule has 3 rings (SSSR count). The summed E-state index contributed by atoms with van der Waals surface area (Å²) >= 11 is 1.69. The van der Waals surface area contributed by atoms with Gasteiger partial charge in [0.25, 0.3) is 0 Å². The largest absolute Gasteiger partial charge is 0.338 e. The van der Waals surface area contributed by atoms with Crippen LogP contribution in [0.3, 0.4) is 0 Å². The minimum Gasteiger partial charge on any atom is -0.338 e. The van der Waals surface area contributed by atoms with E-state index >= 15 is 0 Å². The fraction of sp³-hybridized carbons (Fsp3) is 0.421. The molecule has 1 aromatic carbocycles. The number of amides is 1. The lowest BCUT2D eigenvalue weighted by Gasteiger charge is -2.29. The molecule has 0 saturated heterocycles. The summed E-state index contributed by atoms with van der Waals surface area (Å²) in [7, 11) is 1.71. The molecule has 1 unspecified atom stereocenters. The number of benzene rings is 1. The third kappa shape index (κ3) is 4.44. The minimum atomic E-state index is -0.887. The highest BCUT2D eigenvalue weighted by Gasteiger charge is 2.32. The van der Waals surface area contributed by atoms with E-state index in [1.165, 1.54) is 10.9 Å². The van der Waals surface area contributed by atoms with Gasteiger partial charge in [-0.15, -0.1) is 11.3 Å². The Kier molecular flexibility index (Phi) is 5.49. The Hall–Kier alpha value is -1.79. The van der Waals surface area contributed by atoms with Crippen molar-refractivity contribution < 1.29 is 13.6 Å². The van der Waals surface area contributed by atoms with Gasteiger partial charge >= 0.3 is 0 Å². The van der Waals surface area contributed by atoms with Crippen LogP contribution >= 0.6 is 11.3 Å². The topological polar surface area (TPSA) is 23.6 Å². The number of carbonyl (C=O) groups is 1. The molecule has 0 bridgehead atoms. The van der Waals surface area contributed by atoms with Gasteiger partial charge in [0, 0.05) is 24.5 Å². The Morgan fingerprint density at radius 1 is 1.28 bits per heavy atom. The van der Waals surface area contributed by atoms with E-state index in [4.69, 9.17) is 0 Å². The summed E-state index contributed by atoms with van der Waals surface area (Å²) in [5, 5.41) is 2.04. The highest BCUT2D eigenvalue weighted by atomic mass is 32.1. The van der Waals surface area contributed by atoms with Crippen molar-refractivity contribution in [3.05, 3.63) is 57.8 Å². The molecule has 0 spiro atoms. The standard InChI is InChI=1S/C19H22F2N2OS/c1-13(14-5-8-17(20)18(21)10-14)22(2)19(24)12-23(15-6-7-15)11-16-4-3-9-25-16/h3-5,8-10,13,15H,6-7,11-12H2,1-2H3. The number of carbonyl (C=O) groups excluding carboxylic acids is 1. The van der Waals surface area contributed by atoms with Crippen molar-refractivity contribution in [2.45, 2.75) is 38.4 Å². The van der Waals surface area contributed by atoms with Gasteiger partial charge in [0.15, 0.2) is 11.6 Å². The average molecular weight is 364 g/mol. The summed E-state index contributed by atoms with van der Waals surface area (Å²) in [4.78, 5) is 17.8. The van der Waals surface area contributed by atoms with Crippen molar-refractivity contribution in [2.75, 3.05) is 13.6 Å². The summed E-state index contributed by atoms with van der Waals surface area (Å²) in [6.45, 7) is 2.94. The summed E-state index contributed by atoms with van der Waals surface area (Å²) in [5.41, 5.74) is 0.589. The average Bonchev–Trinajstić information content (AvgIpc) is 3.32. The van der Waals surface area contributed by atoms with Crippen LogP contribution in [0.5, 0.6) is 0 Å². The summed E-state index contributed by atoms with van der Waals surface area (Å²) in [6, 6.07) is 8.05. The van der Waals surface area contributed by atoms with E-state index in [9.17, 15) is 13.6 Å². The van der Waals surface area contributed by atoms with Crippen LogP contribution in [-0.2, 0) is 11.3 Å².